The summed E-state index contributed by atoms with van der Waals surface area (Å²) in [6.07, 6.45) is 0.925. The first-order chi connectivity index (χ1) is 9.13. The Hall–Kier alpha value is -1.97. The lowest BCUT2D eigenvalue weighted by Crippen LogP contribution is -2.15. The number of hydrogen-bond acceptors (Lipinski definition) is 4. The first-order valence-corrected chi connectivity index (χ1v) is 6.62. The van der Waals surface area contributed by atoms with Gasteiger partial charge in [-0.15, -0.1) is 0 Å². The molecule has 0 radical (unpaired) electrons. The molecule has 0 amide bonds. The van der Waals surface area contributed by atoms with E-state index in [2.05, 4.69) is 18.8 Å². The second-order valence-corrected chi connectivity index (χ2v) is 5.31. The van der Waals surface area contributed by atoms with Crippen molar-refractivity contribution in [2.24, 2.45) is 5.92 Å². The predicted molar refractivity (Wildman–Crippen MR) is 75.7 cm³/mol. The van der Waals surface area contributed by atoms with Crippen LogP contribution in [0.5, 0.6) is 11.5 Å². The molecule has 1 aliphatic heterocycles. The van der Waals surface area contributed by atoms with Gasteiger partial charge in [-0.3, -0.25) is 4.98 Å². The molecule has 0 aliphatic carbocycles. The molecule has 2 aromatic rings. The number of rotatable bonds is 2. The second kappa shape index (κ2) is 4.61. The summed E-state index contributed by atoms with van der Waals surface area (Å²) < 4.78 is 11.2. The Kier molecular flexibility index (Phi) is 2.93. The minimum Gasteiger partial charge on any atom is -0.486 e. The first kappa shape index (κ1) is 12.1. The molecule has 4 nitrogen and oxygen atoms in total. The molecule has 0 atom stereocenters. The van der Waals surface area contributed by atoms with Gasteiger partial charge in [0.25, 0.3) is 0 Å². The fraction of sp³-hybridized carbons (Fsp3) is 0.400. The summed E-state index contributed by atoms with van der Waals surface area (Å²) in [5.41, 5.74) is 8.78. The molecule has 0 saturated heterocycles. The van der Waals surface area contributed by atoms with Crippen molar-refractivity contribution in [3.63, 3.8) is 0 Å². The zero-order valence-electron chi connectivity index (χ0n) is 11.3. The molecular weight excluding hydrogens is 240 g/mol. The van der Waals surface area contributed by atoms with E-state index in [0.29, 0.717) is 19.1 Å². The van der Waals surface area contributed by atoms with Crippen LogP contribution in [0.1, 0.15) is 19.5 Å². The Balaban J connectivity index is 2.13. The van der Waals surface area contributed by atoms with Crippen molar-refractivity contribution in [2.45, 2.75) is 20.3 Å². The van der Waals surface area contributed by atoms with Gasteiger partial charge in [0, 0.05) is 22.8 Å². The monoisotopic (exact) mass is 258 g/mol. The van der Waals surface area contributed by atoms with E-state index in [1.165, 1.54) is 0 Å². The highest BCUT2D eigenvalue weighted by molar-refractivity contribution is 5.92. The number of nitrogens with zero attached hydrogens (tertiary/aromatic N) is 1. The Morgan fingerprint density at radius 2 is 1.84 bits per heavy atom. The zero-order valence-corrected chi connectivity index (χ0v) is 11.3. The van der Waals surface area contributed by atoms with Gasteiger partial charge in [-0.05, 0) is 24.5 Å². The minimum atomic E-state index is 0.557. The second-order valence-electron chi connectivity index (χ2n) is 5.31. The fourth-order valence-electron chi connectivity index (χ4n) is 2.37. The highest BCUT2D eigenvalue weighted by Crippen LogP contribution is 2.36. The average molecular weight is 258 g/mol. The van der Waals surface area contributed by atoms with Crippen molar-refractivity contribution in [3.8, 4) is 11.5 Å². The third-order valence-electron chi connectivity index (χ3n) is 3.18. The Labute approximate surface area is 112 Å². The van der Waals surface area contributed by atoms with Crippen molar-refractivity contribution in [1.82, 2.24) is 4.98 Å². The van der Waals surface area contributed by atoms with Crippen LogP contribution in [0.25, 0.3) is 10.9 Å². The highest BCUT2D eigenvalue weighted by Gasteiger charge is 2.15. The maximum absolute atomic E-state index is 6.13. The molecule has 2 heterocycles. The van der Waals surface area contributed by atoms with Gasteiger partial charge >= 0.3 is 0 Å². The van der Waals surface area contributed by atoms with Crippen molar-refractivity contribution >= 4 is 16.6 Å². The van der Waals surface area contributed by atoms with Gasteiger partial charge in [0.1, 0.15) is 13.2 Å². The summed E-state index contributed by atoms with van der Waals surface area (Å²) in [7, 11) is 0. The van der Waals surface area contributed by atoms with Crippen LogP contribution in [-0.2, 0) is 6.42 Å². The van der Waals surface area contributed by atoms with Gasteiger partial charge in [0.05, 0.1) is 5.52 Å². The number of nitrogen functional groups attached to an aromatic ring is 1. The summed E-state index contributed by atoms with van der Waals surface area (Å²) >= 11 is 0. The highest BCUT2D eigenvalue weighted by atomic mass is 16.6. The molecule has 1 aromatic carbocycles. The lowest BCUT2D eigenvalue weighted by Gasteiger charge is -2.19. The molecular formula is C15H18N2O2. The van der Waals surface area contributed by atoms with E-state index < -0.39 is 0 Å². The van der Waals surface area contributed by atoms with E-state index in [-0.39, 0.29) is 0 Å². The summed E-state index contributed by atoms with van der Waals surface area (Å²) in [6, 6.07) is 5.80. The number of fused-ring (bicyclic) bond motifs is 2. The largest absolute Gasteiger partial charge is 0.486 e. The number of aromatic nitrogens is 1. The molecule has 1 aliphatic rings. The van der Waals surface area contributed by atoms with Crippen LogP contribution < -0.4 is 15.2 Å². The van der Waals surface area contributed by atoms with Crippen LogP contribution in [0.3, 0.4) is 0 Å². The van der Waals surface area contributed by atoms with Crippen LogP contribution in [0, 0.1) is 5.92 Å². The van der Waals surface area contributed by atoms with E-state index in [9.17, 15) is 0 Å². The van der Waals surface area contributed by atoms with Gasteiger partial charge in [-0.2, -0.15) is 0 Å². The molecule has 19 heavy (non-hydrogen) atoms. The van der Waals surface area contributed by atoms with Gasteiger partial charge in [-0.25, -0.2) is 0 Å². The third kappa shape index (κ3) is 2.30. The number of benzene rings is 1. The molecule has 3 rings (SSSR count). The Morgan fingerprint density at radius 3 is 2.53 bits per heavy atom. The molecule has 0 saturated carbocycles. The summed E-state index contributed by atoms with van der Waals surface area (Å²) in [4.78, 5) is 4.67. The van der Waals surface area contributed by atoms with Gasteiger partial charge in [0.2, 0.25) is 0 Å². The summed E-state index contributed by atoms with van der Waals surface area (Å²) in [5, 5.41) is 0.928. The Morgan fingerprint density at radius 1 is 1.16 bits per heavy atom. The van der Waals surface area contributed by atoms with Crippen LogP contribution >= 0.6 is 0 Å². The van der Waals surface area contributed by atoms with Gasteiger partial charge in [-0.1, -0.05) is 13.8 Å². The normalized spacial score (nSPS) is 14.1. The van der Waals surface area contributed by atoms with E-state index >= 15 is 0 Å². The maximum atomic E-state index is 6.13. The molecule has 1 aromatic heterocycles. The molecule has 100 valence electrons. The van der Waals surface area contributed by atoms with Gasteiger partial charge < -0.3 is 15.2 Å². The van der Waals surface area contributed by atoms with E-state index in [4.69, 9.17) is 15.2 Å². The van der Waals surface area contributed by atoms with E-state index in [1.54, 1.807) is 0 Å². The standard InChI is InChI=1S/C15H18N2O2/c1-9(2)5-10-6-12(16)11-7-14-15(8-13(11)17-10)19-4-3-18-14/h6-9H,3-5H2,1-2H3,(H2,16,17). The Bertz CT molecular complexity index is 623. The van der Waals surface area contributed by atoms with Crippen LogP contribution in [0.2, 0.25) is 0 Å². The first-order valence-electron chi connectivity index (χ1n) is 6.62. The van der Waals surface area contributed by atoms with Crippen molar-refractivity contribution in [1.29, 1.82) is 0 Å². The van der Waals surface area contributed by atoms with E-state index in [0.717, 1.165) is 40.2 Å². The average Bonchev–Trinajstić information content (AvgIpc) is 2.36. The molecule has 0 fully saturated rings. The lowest BCUT2D eigenvalue weighted by molar-refractivity contribution is 0.172. The number of anilines is 1. The molecule has 0 unspecified atom stereocenters. The number of ether oxygens (including phenoxy) is 2. The molecule has 4 heteroatoms. The quantitative estimate of drug-likeness (QED) is 0.900. The number of hydrogen-bond donors (Lipinski definition) is 1. The lowest BCUT2D eigenvalue weighted by atomic mass is 10.1. The fourth-order valence-corrected chi connectivity index (χ4v) is 2.37. The van der Waals surface area contributed by atoms with Crippen LogP contribution in [-0.4, -0.2) is 18.2 Å². The van der Waals surface area contributed by atoms with Crippen LogP contribution in [0.15, 0.2) is 18.2 Å². The SMILES string of the molecule is CC(C)Cc1cc(N)c2cc3c(cc2n1)OCCO3. The molecule has 2 N–H and O–H groups in total. The van der Waals surface area contributed by atoms with E-state index in [1.807, 2.05) is 18.2 Å². The molecule has 0 bridgehead atoms. The number of nitrogens with two attached hydrogens (primary N) is 1. The third-order valence-corrected chi connectivity index (χ3v) is 3.18. The predicted octanol–water partition coefficient (Wildman–Crippen LogP) is 2.79. The molecule has 0 spiro atoms. The zero-order chi connectivity index (χ0) is 13.4. The van der Waals surface area contributed by atoms with Crippen molar-refractivity contribution in [2.75, 3.05) is 18.9 Å². The topological polar surface area (TPSA) is 57.4 Å². The van der Waals surface area contributed by atoms with Crippen LogP contribution in [0.4, 0.5) is 5.69 Å². The smallest absolute Gasteiger partial charge is 0.163 e. The number of pyridine rings is 1. The van der Waals surface area contributed by atoms with Crippen molar-refractivity contribution in [3.05, 3.63) is 23.9 Å². The summed E-state index contributed by atoms with van der Waals surface area (Å²) in [5.74, 6) is 2.07. The van der Waals surface area contributed by atoms with Crippen molar-refractivity contribution < 1.29 is 9.47 Å². The summed E-state index contributed by atoms with van der Waals surface area (Å²) in [6.45, 7) is 5.51. The maximum Gasteiger partial charge on any atom is 0.163 e. The van der Waals surface area contributed by atoms with Gasteiger partial charge in [0.15, 0.2) is 11.5 Å². The minimum absolute atomic E-state index is 0.557.